The second kappa shape index (κ2) is 5.65. The summed E-state index contributed by atoms with van der Waals surface area (Å²) in [5.74, 6) is 0.219. The van der Waals surface area contributed by atoms with Gasteiger partial charge in [-0.1, -0.05) is 28.1 Å². The molecule has 1 aromatic carbocycles. The number of halogens is 1. The highest BCUT2D eigenvalue weighted by Crippen LogP contribution is 2.13. The number of piperazine rings is 1. The SMILES string of the molecule is C[C@@H]1CN(C(=O)Cc2cccc(Br)c2)CCN1. The predicted octanol–water partition coefficient (Wildman–Crippen LogP) is 1.81. The van der Waals surface area contributed by atoms with E-state index >= 15 is 0 Å². The smallest absolute Gasteiger partial charge is 0.227 e. The van der Waals surface area contributed by atoms with Crippen LogP contribution in [0, 0.1) is 0 Å². The van der Waals surface area contributed by atoms with Crippen molar-refractivity contribution in [2.24, 2.45) is 0 Å². The molecule has 0 aromatic heterocycles. The number of hydrogen-bond donors (Lipinski definition) is 1. The molecule has 1 aliphatic heterocycles. The quantitative estimate of drug-likeness (QED) is 0.903. The van der Waals surface area contributed by atoms with Crippen molar-refractivity contribution in [1.29, 1.82) is 0 Å². The summed E-state index contributed by atoms with van der Waals surface area (Å²) in [5, 5.41) is 3.34. The fourth-order valence-electron chi connectivity index (χ4n) is 2.09. The molecule has 4 heteroatoms. The van der Waals surface area contributed by atoms with Crippen LogP contribution in [-0.4, -0.2) is 36.5 Å². The lowest BCUT2D eigenvalue weighted by molar-refractivity contribution is -0.131. The standard InChI is InChI=1S/C13H17BrN2O/c1-10-9-16(6-5-15-10)13(17)8-11-3-2-4-12(14)7-11/h2-4,7,10,15H,5-6,8-9H2,1H3/t10-/m1/s1. The maximum Gasteiger partial charge on any atom is 0.227 e. The Kier molecular flexibility index (Phi) is 4.18. The minimum Gasteiger partial charge on any atom is -0.340 e. The number of carbonyl (C=O) groups is 1. The Labute approximate surface area is 110 Å². The molecule has 0 bridgehead atoms. The van der Waals surface area contributed by atoms with Crippen LogP contribution in [-0.2, 0) is 11.2 Å². The molecule has 0 aliphatic carbocycles. The summed E-state index contributed by atoms with van der Waals surface area (Å²) in [5.41, 5.74) is 1.07. The Morgan fingerprint density at radius 1 is 1.59 bits per heavy atom. The Morgan fingerprint density at radius 2 is 2.41 bits per heavy atom. The third-order valence-corrected chi connectivity index (χ3v) is 3.46. The molecule has 1 saturated heterocycles. The van der Waals surface area contributed by atoms with Gasteiger partial charge in [0, 0.05) is 30.1 Å². The highest BCUT2D eigenvalue weighted by molar-refractivity contribution is 9.10. The van der Waals surface area contributed by atoms with E-state index < -0.39 is 0 Å². The first-order valence-corrected chi connectivity index (χ1v) is 6.70. The molecule has 0 saturated carbocycles. The molecular formula is C13H17BrN2O. The third kappa shape index (κ3) is 3.54. The molecule has 2 rings (SSSR count). The molecule has 0 spiro atoms. The van der Waals surface area contributed by atoms with E-state index in [1.807, 2.05) is 29.2 Å². The van der Waals surface area contributed by atoms with Crippen molar-refractivity contribution >= 4 is 21.8 Å². The largest absolute Gasteiger partial charge is 0.340 e. The number of benzene rings is 1. The van der Waals surface area contributed by atoms with Crippen LogP contribution in [0.15, 0.2) is 28.7 Å². The Bertz CT molecular complexity index is 408. The monoisotopic (exact) mass is 296 g/mol. The van der Waals surface area contributed by atoms with Crippen LogP contribution >= 0.6 is 15.9 Å². The lowest BCUT2D eigenvalue weighted by Gasteiger charge is -2.32. The van der Waals surface area contributed by atoms with E-state index in [4.69, 9.17) is 0 Å². The van der Waals surface area contributed by atoms with Crippen molar-refractivity contribution in [3.8, 4) is 0 Å². The summed E-state index contributed by atoms with van der Waals surface area (Å²) in [6, 6.07) is 8.33. The number of nitrogens with zero attached hydrogens (tertiary/aromatic N) is 1. The first-order valence-electron chi connectivity index (χ1n) is 5.91. The van der Waals surface area contributed by atoms with Gasteiger partial charge in [-0.05, 0) is 24.6 Å². The van der Waals surface area contributed by atoms with Gasteiger partial charge in [-0.3, -0.25) is 4.79 Å². The highest BCUT2D eigenvalue weighted by Gasteiger charge is 2.20. The molecule has 0 unspecified atom stereocenters. The zero-order valence-electron chi connectivity index (χ0n) is 9.95. The minimum atomic E-state index is 0.219. The number of rotatable bonds is 2. The van der Waals surface area contributed by atoms with E-state index in [1.165, 1.54) is 0 Å². The molecule has 1 atom stereocenters. The molecular weight excluding hydrogens is 280 g/mol. The average molecular weight is 297 g/mol. The zero-order valence-corrected chi connectivity index (χ0v) is 11.5. The number of amides is 1. The van der Waals surface area contributed by atoms with Gasteiger partial charge < -0.3 is 10.2 Å². The van der Waals surface area contributed by atoms with Crippen LogP contribution in [0.25, 0.3) is 0 Å². The lowest BCUT2D eigenvalue weighted by Crippen LogP contribution is -2.51. The Hall–Kier alpha value is -0.870. The Morgan fingerprint density at radius 3 is 3.12 bits per heavy atom. The van der Waals surface area contributed by atoms with Gasteiger partial charge in [0.2, 0.25) is 5.91 Å². The van der Waals surface area contributed by atoms with E-state index in [9.17, 15) is 4.79 Å². The second-order valence-electron chi connectivity index (χ2n) is 4.50. The lowest BCUT2D eigenvalue weighted by atomic mass is 10.1. The maximum absolute atomic E-state index is 12.1. The number of hydrogen-bond acceptors (Lipinski definition) is 2. The van der Waals surface area contributed by atoms with E-state index in [2.05, 4.69) is 28.2 Å². The summed E-state index contributed by atoms with van der Waals surface area (Å²) in [4.78, 5) is 14.1. The summed E-state index contributed by atoms with van der Waals surface area (Å²) < 4.78 is 1.02. The molecule has 17 heavy (non-hydrogen) atoms. The first kappa shape index (κ1) is 12.6. The van der Waals surface area contributed by atoms with Crippen molar-refractivity contribution in [3.05, 3.63) is 34.3 Å². The van der Waals surface area contributed by atoms with E-state index in [0.717, 1.165) is 29.7 Å². The van der Waals surface area contributed by atoms with Gasteiger partial charge in [0.25, 0.3) is 0 Å². The fourth-order valence-corrected chi connectivity index (χ4v) is 2.54. The van der Waals surface area contributed by atoms with E-state index in [0.29, 0.717) is 12.5 Å². The molecule has 1 aromatic rings. The van der Waals surface area contributed by atoms with Crippen LogP contribution in [0.4, 0.5) is 0 Å². The van der Waals surface area contributed by atoms with Crippen molar-refractivity contribution < 1.29 is 4.79 Å². The van der Waals surface area contributed by atoms with E-state index in [1.54, 1.807) is 0 Å². The van der Waals surface area contributed by atoms with Crippen molar-refractivity contribution in [3.63, 3.8) is 0 Å². The topological polar surface area (TPSA) is 32.3 Å². The highest BCUT2D eigenvalue weighted by atomic mass is 79.9. The first-order chi connectivity index (χ1) is 8.15. The third-order valence-electron chi connectivity index (χ3n) is 2.97. The van der Waals surface area contributed by atoms with Gasteiger partial charge in [0.1, 0.15) is 0 Å². The fraction of sp³-hybridized carbons (Fsp3) is 0.462. The van der Waals surface area contributed by atoms with Gasteiger partial charge in [-0.2, -0.15) is 0 Å². The molecule has 1 aliphatic rings. The van der Waals surface area contributed by atoms with Crippen LogP contribution in [0.3, 0.4) is 0 Å². The van der Waals surface area contributed by atoms with Crippen LogP contribution in [0.5, 0.6) is 0 Å². The summed E-state index contributed by atoms with van der Waals surface area (Å²) in [7, 11) is 0. The normalized spacial score (nSPS) is 20.4. The van der Waals surface area contributed by atoms with E-state index in [-0.39, 0.29) is 5.91 Å². The average Bonchev–Trinajstić information content (AvgIpc) is 2.29. The molecule has 1 amide bonds. The number of nitrogens with one attached hydrogen (secondary N) is 1. The van der Waals surface area contributed by atoms with Crippen LogP contribution < -0.4 is 5.32 Å². The van der Waals surface area contributed by atoms with Gasteiger partial charge in [-0.25, -0.2) is 0 Å². The van der Waals surface area contributed by atoms with Gasteiger partial charge in [0.05, 0.1) is 6.42 Å². The molecule has 1 heterocycles. The maximum atomic E-state index is 12.1. The molecule has 0 radical (unpaired) electrons. The minimum absolute atomic E-state index is 0.219. The number of carbonyl (C=O) groups excluding carboxylic acids is 1. The molecule has 1 N–H and O–H groups in total. The molecule has 3 nitrogen and oxygen atoms in total. The van der Waals surface area contributed by atoms with Crippen LogP contribution in [0.1, 0.15) is 12.5 Å². The van der Waals surface area contributed by atoms with Gasteiger partial charge in [-0.15, -0.1) is 0 Å². The summed E-state index contributed by atoms with van der Waals surface area (Å²) >= 11 is 3.42. The summed E-state index contributed by atoms with van der Waals surface area (Å²) in [6.07, 6.45) is 0.492. The molecule has 1 fully saturated rings. The molecule has 92 valence electrons. The predicted molar refractivity (Wildman–Crippen MR) is 71.9 cm³/mol. The Balaban J connectivity index is 1.96. The van der Waals surface area contributed by atoms with Crippen LogP contribution in [0.2, 0.25) is 0 Å². The second-order valence-corrected chi connectivity index (χ2v) is 5.42. The van der Waals surface area contributed by atoms with Crippen molar-refractivity contribution in [2.75, 3.05) is 19.6 Å². The van der Waals surface area contributed by atoms with Gasteiger partial charge in [0.15, 0.2) is 0 Å². The van der Waals surface area contributed by atoms with Crippen molar-refractivity contribution in [1.82, 2.24) is 10.2 Å². The zero-order chi connectivity index (χ0) is 12.3. The van der Waals surface area contributed by atoms with Crippen molar-refractivity contribution in [2.45, 2.75) is 19.4 Å². The summed E-state index contributed by atoms with van der Waals surface area (Å²) in [6.45, 7) is 4.63. The van der Waals surface area contributed by atoms with Gasteiger partial charge >= 0.3 is 0 Å².